The molecule has 0 aliphatic carbocycles. The van der Waals surface area contributed by atoms with Gasteiger partial charge in [-0.2, -0.15) is 0 Å². The van der Waals surface area contributed by atoms with Crippen molar-refractivity contribution in [2.75, 3.05) is 6.54 Å². The van der Waals surface area contributed by atoms with Crippen molar-refractivity contribution in [2.45, 2.75) is 25.5 Å². The van der Waals surface area contributed by atoms with Gasteiger partial charge < -0.3 is 15.5 Å². The molecular formula is C11H16N2O3. The Hall–Kier alpha value is -1.46. The Kier molecular flexibility index (Phi) is 4.88. The van der Waals surface area contributed by atoms with E-state index in [0.717, 1.165) is 5.69 Å². The summed E-state index contributed by atoms with van der Waals surface area (Å²) in [7, 11) is 0. The fraction of sp³-hybridized carbons (Fsp3) is 0.455. The second-order valence-corrected chi connectivity index (χ2v) is 3.64. The molecule has 0 amide bonds. The maximum Gasteiger partial charge on any atom is 0.306 e. The Morgan fingerprint density at radius 1 is 1.56 bits per heavy atom. The van der Waals surface area contributed by atoms with Gasteiger partial charge in [0.1, 0.15) is 0 Å². The number of carbonyl (C=O) groups is 1. The number of nitrogens with zero attached hydrogens (tertiary/aromatic N) is 1. The highest BCUT2D eigenvalue weighted by Crippen LogP contribution is 2.07. The molecule has 0 saturated heterocycles. The third-order valence-corrected chi connectivity index (χ3v) is 2.20. The largest absolute Gasteiger partial charge is 0.481 e. The lowest BCUT2D eigenvalue weighted by Gasteiger charge is -2.15. The zero-order valence-corrected chi connectivity index (χ0v) is 9.13. The first-order chi connectivity index (χ1) is 7.59. The smallest absolute Gasteiger partial charge is 0.306 e. The molecule has 0 aromatic carbocycles. The lowest BCUT2D eigenvalue weighted by Crippen LogP contribution is -2.30. The lowest BCUT2D eigenvalue weighted by atomic mass is 10.2. The molecule has 1 rings (SSSR count). The van der Waals surface area contributed by atoms with Crippen LogP contribution in [0.1, 0.15) is 25.1 Å². The van der Waals surface area contributed by atoms with E-state index in [1.54, 1.807) is 6.20 Å². The van der Waals surface area contributed by atoms with Crippen molar-refractivity contribution in [3.63, 3.8) is 0 Å². The molecule has 2 unspecified atom stereocenters. The Morgan fingerprint density at radius 2 is 2.31 bits per heavy atom. The zero-order chi connectivity index (χ0) is 12.0. The second-order valence-electron chi connectivity index (χ2n) is 3.64. The molecular weight excluding hydrogens is 208 g/mol. The number of rotatable bonds is 6. The molecule has 0 aliphatic heterocycles. The number of hydrogen-bond donors (Lipinski definition) is 3. The fourth-order valence-electron chi connectivity index (χ4n) is 1.32. The summed E-state index contributed by atoms with van der Waals surface area (Å²) in [4.78, 5) is 14.5. The van der Waals surface area contributed by atoms with E-state index in [9.17, 15) is 9.90 Å². The Bertz CT molecular complexity index is 329. The monoisotopic (exact) mass is 224 g/mol. The van der Waals surface area contributed by atoms with Gasteiger partial charge in [-0.1, -0.05) is 6.07 Å². The van der Waals surface area contributed by atoms with Gasteiger partial charge in [-0.05, 0) is 19.1 Å². The van der Waals surface area contributed by atoms with Gasteiger partial charge in [0.05, 0.1) is 18.2 Å². The summed E-state index contributed by atoms with van der Waals surface area (Å²) in [5, 5.41) is 20.8. The molecule has 5 nitrogen and oxygen atoms in total. The van der Waals surface area contributed by atoms with E-state index in [1.807, 2.05) is 25.1 Å². The Balaban J connectivity index is 2.35. The maximum absolute atomic E-state index is 10.3. The van der Waals surface area contributed by atoms with Crippen LogP contribution in [0.25, 0.3) is 0 Å². The first kappa shape index (κ1) is 12.6. The minimum atomic E-state index is -1.00. The highest BCUT2D eigenvalue weighted by Gasteiger charge is 2.11. The number of pyridine rings is 1. The number of aliphatic hydroxyl groups excluding tert-OH is 1. The molecule has 1 aromatic rings. The molecule has 5 heteroatoms. The molecule has 0 fully saturated rings. The fourth-order valence-corrected chi connectivity index (χ4v) is 1.32. The Morgan fingerprint density at radius 3 is 2.88 bits per heavy atom. The summed E-state index contributed by atoms with van der Waals surface area (Å²) in [5.41, 5.74) is 0.866. The van der Waals surface area contributed by atoms with Crippen molar-refractivity contribution >= 4 is 5.97 Å². The second kappa shape index (κ2) is 6.19. The third-order valence-electron chi connectivity index (χ3n) is 2.20. The number of hydrogen-bond acceptors (Lipinski definition) is 4. The molecule has 0 aliphatic rings. The molecule has 1 aromatic heterocycles. The van der Waals surface area contributed by atoms with E-state index in [4.69, 9.17) is 5.11 Å². The summed E-state index contributed by atoms with van der Waals surface area (Å²) < 4.78 is 0. The number of carboxylic acid groups (broad SMARTS) is 1. The normalized spacial score (nSPS) is 14.4. The molecule has 0 bridgehead atoms. The molecule has 0 radical (unpaired) electrons. The van der Waals surface area contributed by atoms with Gasteiger partial charge in [-0.25, -0.2) is 0 Å². The van der Waals surface area contributed by atoms with Crippen LogP contribution in [0.4, 0.5) is 0 Å². The topological polar surface area (TPSA) is 82.5 Å². The molecule has 88 valence electrons. The average Bonchev–Trinajstić information content (AvgIpc) is 2.26. The van der Waals surface area contributed by atoms with Crippen molar-refractivity contribution in [3.05, 3.63) is 30.1 Å². The molecule has 0 saturated carbocycles. The van der Waals surface area contributed by atoms with Crippen LogP contribution >= 0.6 is 0 Å². The van der Waals surface area contributed by atoms with Crippen LogP contribution in [-0.2, 0) is 4.79 Å². The molecule has 0 spiro atoms. The quantitative estimate of drug-likeness (QED) is 0.658. The minimum Gasteiger partial charge on any atom is -0.481 e. The van der Waals surface area contributed by atoms with Crippen molar-refractivity contribution < 1.29 is 15.0 Å². The Labute approximate surface area is 94.1 Å². The van der Waals surface area contributed by atoms with Crippen molar-refractivity contribution in [3.8, 4) is 0 Å². The summed E-state index contributed by atoms with van der Waals surface area (Å²) in [6.07, 6.45) is 0.576. The lowest BCUT2D eigenvalue weighted by molar-refractivity contribution is -0.139. The molecule has 16 heavy (non-hydrogen) atoms. The number of aliphatic hydroxyl groups is 1. The average molecular weight is 224 g/mol. The van der Waals surface area contributed by atoms with Gasteiger partial charge >= 0.3 is 5.97 Å². The summed E-state index contributed by atoms with van der Waals surface area (Å²) in [6.45, 7) is 2.15. The first-order valence-electron chi connectivity index (χ1n) is 5.13. The van der Waals surface area contributed by atoms with Gasteiger partial charge in [0.2, 0.25) is 0 Å². The predicted molar refractivity (Wildman–Crippen MR) is 58.9 cm³/mol. The van der Waals surface area contributed by atoms with E-state index in [-0.39, 0.29) is 19.0 Å². The van der Waals surface area contributed by atoms with E-state index in [1.165, 1.54) is 0 Å². The van der Waals surface area contributed by atoms with Crippen molar-refractivity contribution in [1.29, 1.82) is 0 Å². The van der Waals surface area contributed by atoms with Gasteiger partial charge in [-0.15, -0.1) is 0 Å². The van der Waals surface area contributed by atoms with Gasteiger partial charge in [-0.3, -0.25) is 9.78 Å². The molecule has 2 atom stereocenters. The van der Waals surface area contributed by atoms with Crippen LogP contribution in [-0.4, -0.2) is 33.8 Å². The van der Waals surface area contributed by atoms with E-state index < -0.39 is 12.1 Å². The predicted octanol–water partition coefficient (Wildman–Crippen LogP) is 0.568. The van der Waals surface area contributed by atoms with Crippen molar-refractivity contribution in [1.82, 2.24) is 10.3 Å². The van der Waals surface area contributed by atoms with Gasteiger partial charge in [0, 0.05) is 18.8 Å². The molecule has 3 N–H and O–H groups in total. The number of aliphatic carboxylic acids is 1. The highest BCUT2D eigenvalue weighted by atomic mass is 16.4. The first-order valence-corrected chi connectivity index (χ1v) is 5.13. The maximum atomic E-state index is 10.3. The SMILES string of the molecule is CC(NCC(O)CC(=O)O)c1ccccn1. The van der Waals surface area contributed by atoms with E-state index in [2.05, 4.69) is 10.3 Å². The van der Waals surface area contributed by atoms with Crippen LogP contribution < -0.4 is 5.32 Å². The van der Waals surface area contributed by atoms with Crippen LogP contribution in [0.3, 0.4) is 0 Å². The number of aromatic nitrogens is 1. The summed E-state index contributed by atoms with van der Waals surface area (Å²) in [5.74, 6) is -1.00. The number of carboxylic acids is 1. The van der Waals surface area contributed by atoms with Gasteiger partial charge in [0.15, 0.2) is 0 Å². The summed E-state index contributed by atoms with van der Waals surface area (Å²) in [6, 6.07) is 5.58. The third kappa shape index (κ3) is 4.37. The highest BCUT2D eigenvalue weighted by molar-refractivity contribution is 5.67. The van der Waals surface area contributed by atoms with Crippen LogP contribution in [0.15, 0.2) is 24.4 Å². The van der Waals surface area contributed by atoms with Crippen LogP contribution in [0, 0.1) is 0 Å². The van der Waals surface area contributed by atoms with Crippen molar-refractivity contribution in [2.24, 2.45) is 0 Å². The molecule has 1 heterocycles. The van der Waals surface area contributed by atoms with E-state index in [0.29, 0.717) is 0 Å². The van der Waals surface area contributed by atoms with Crippen LogP contribution in [0.5, 0.6) is 0 Å². The van der Waals surface area contributed by atoms with Crippen LogP contribution in [0.2, 0.25) is 0 Å². The minimum absolute atomic E-state index is 0.00959. The van der Waals surface area contributed by atoms with E-state index >= 15 is 0 Å². The standard InChI is InChI=1S/C11H16N2O3/c1-8(10-4-2-3-5-12-10)13-7-9(14)6-11(15)16/h2-5,8-9,13-14H,6-7H2,1H3,(H,15,16). The van der Waals surface area contributed by atoms with Gasteiger partial charge in [0.25, 0.3) is 0 Å². The summed E-state index contributed by atoms with van der Waals surface area (Å²) >= 11 is 0. The number of nitrogens with one attached hydrogen (secondary N) is 1. The zero-order valence-electron chi connectivity index (χ0n) is 9.13.